The summed E-state index contributed by atoms with van der Waals surface area (Å²) in [5.74, 6) is -2.92. The summed E-state index contributed by atoms with van der Waals surface area (Å²) in [4.78, 5) is 94.3. The van der Waals surface area contributed by atoms with Crippen molar-refractivity contribution in [1.82, 2.24) is 30.4 Å². The fourth-order valence-corrected chi connectivity index (χ4v) is 8.13. The highest BCUT2D eigenvalue weighted by molar-refractivity contribution is 6.12. The predicted molar refractivity (Wildman–Crippen MR) is 223 cm³/mol. The monoisotopic (exact) mass is 842 g/mol. The second-order valence-corrected chi connectivity index (χ2v) is 16.6. The van der Waals surface area contributed by atoms with E-state index in [1.165, 1.54) is 25.1 Å². The minimum absolute atomic E-state index is 0.0716. The van der Waals surface area contributed by atoms with Crippen molar-refractivity contribution in [3.63, 3.8) is 0 Å². The van der Waals surface area contributed by atoms with E-state index in [0.29, 0.717) is 91.7 Å². The lowest BCUT2D eigenvalue weighted by molar-refractivity contribution is -0.153. The van der Waals surface area contributed by atoms with Crippen LogP contribution in [0.2, 0.25) is 0 Å². The molecule has 1 aromatic carbocycles. The predicted octanol–water partition coefficient (Wildman–Crippen LogP) is 4.14. The number of unbranched alkanes of at least 4 members (excludes halogenated alkanes) is 3. The van der Waals surface area contributed by atoms with E-state index in [0.717, 1.165) is 21.4 Å². The van der Waals surface area contributed by atoms with Gasteiger partial charge in [0.15, 0.2) is 0 Å². The SMILES string of the molecule is CC[C@@]1(C)C(=O)OCc2c1cc1n(c2=O)Cc2cc3c(CCCCOCNC(=O)[C@H](C)NC(=O)[C@@H](NC(=O)CCCCCN4C(=O)C=CC4=O)C(C)C)c(C)c(F)cc3nc2-1. The summed E-state index contributed by atoms with van der Waals surface area (Å²) in [5.41, 5.74) is 3.84. The first-order valence-electron chi connectivity index (χ1n) is 21.1. The Hall–Kier alpha value is -5.77. The van der Waals surface area contributed by atoms with Crippen LogP contribution in [0.4, 0.5) is 4.39 Å². The average Bonchev–Trinajstić information content (AvgIpc) is 3.75. The Balaban J connectivity index is 0.950. The van der Waals surface area contributed by atoms with E-state index in [9.17, 15) is 33.6 Å². The molecule has 0 aliphatic carbocycles. The number of aromatic nitrogens is 2. The third-order valence-corrected chi connectivity index (χ3v) is 12.1. The zero-order valence-corrected chi connectivity index (χ0v) is 35.7. The highest BCUT2D eigenvalue weighted by Gasteiger charge is 2.43. The molecule has 5 heterocycles. The number of pyridine rings is 2. The maximum atomic E-state index is 15.3. The molecule has 3 N–H and O–H groups in total. The van der Waals surface area contributed by atoms with Crippen molar-refractivity contribution in [1.29, 1.82) is 0 Å². The highest BCUT2D eigenvalue weighted by Crippen LogP contribution is 2.40. The minimum atomic E-state index is -0.950. The molecule has 15 nitrogen and oxygen atoms in total. The fraction of sp³-hybridized carbons (Fsp3) is 0.511. The third kappa shape index (κ3) is 9.43. The van der Waals surface area contributed by atoms with Crippen LogP contribution in [0.15, 0.2) is 35.1 Å². The van der Waals surface area contributed by atoms with E-state index in [1.54, 1.807) is 32.3 Å². The lowest BCUT2D eigenvalue weighted by Crippen LogP contribution is -2.54. The lowest BCUT2D eigenvalue weighted by Gasteiger charge is -2.33. The van der Waals surface area contributed by atoms with Gasteiger partial charge < -0.3 is 30.0 Å². The molecule has 0 saturated heterocycles. The molecule has 0 saturated carbocycles. The van der Waals surface area contributed by atoms with E-state index in [4.69, 9.17) is 14.5 Å². The van der Waals surface area contributed by atoms with E-state index in [1.807, 2.05) is 19.1 Å². The summed E-state index contributed by atoms with van der Waals surface area (Å²) in [7, 11) is 0. The maximum Gasteiger partial charge on any atom is 0.316 e. The molecule has 0 bridgehead atoms. The van der Waals surface area contributed by atoms with Crippen molar-refractivity contribution < 1.29 is 42.6 Å². The number of hydrogen-bond donors (Lipinski definition) is 3. The summed E-state index contributed by atoms with van der Waals surface area (Å²) in [6.07, 6.45) is 6.64. The Labute approximate surface area is 353 Å². The molecule has 3 aliphatic heterocycles. The first kappa shape index (κ1) is 44.8. The summed E-state index contributed by atoms with van der Waals surface area (Å²) >= 11 is 0. The molecule has 6 rings (SSSR count). The van der Waals surface area contributed by atoms with Crippen LogP contribution in [0.25, 0.3) is 22.3 Å². The number of hydrogen-bond acceptors (Lipinski definition) is 10. The first-order chi connectivity index (χ1) is 29.0. The quantitative estimate of drug-likeness (QED) is 0.0535. The molecule has 0 spiro atoms. The molecule has 0 radical (unpaired) electrons. The number of ether oxygens (including phenoxy) is 2. The van der Waals surface area contributed by atoms with Crippen LogP contribution in [-0.2, 0) is 63.2 Å². The van der Waals surface area contributed by atoms with Gasteiger partial charge in [-0.3, -0.25) is 38.5 Å². The molecule has 3 aliphatic rings. The number of halogens is 1. The Morgan fingerprint density at radius 3 is 2.41 bits per heavy atom. The van der Waals surface area contributed by atoms with E-state index < -0.39 is 29.3 Å². The number of carbonyl (C=O) groups excluding carboxylic acids is 6. The molecule has 3 atom stereocenters. The minimum Gasteiger partial charge on any atom is -0.460 e. The second kappa shape index (κ2) is 18.9. The molecule has 326 valence electrons. The number of benzene rings is 1. The molecule has 16 heteroatoms. The van der Waals surface area contributed by atoms with Crippen molar-refractivity contribution in [3.8, 4) is 11.4 Å². The van der Waals surface area contributed by atoms with E-state index in [-0.39, 0.29) is 67.3 Å². The van der Waals surface area contributed by atoms with Gasteiger partial charge in [0, 0.05) is 48.7 Å². The molecule has 2 aromatic heterocycles. The smallest absolute Gasteiger partial charge is 0.316 e. The topological polar surface area (TPSA) is 195 Å². The van der Waals surface area contributed by atoms with Crippen molar-refractivity contribution in [2.24, 2.45) is 5.92 Å². The van der Waals surface area contributed by atoms with Gasteiger partial charge in [-0.1, -0.05) is 27.2 Å². The number of carbonyl (C=O) groups is 6. The van der Waals surface area contributed by atoms with E-state index >= 15 is 4.39 Å². The van der Waals surface area contributed by atoms with Crippen LogP contribution in [-0.4, -0.2) is 81.9 Å². The van der Waals surface area contributed by atoms with Crippen LogP contribution >= 0.6 is 0 Å². The van der Waals surface area contributed by atoms with Crippen molar-refractivity contribution in [2.45, 2.75) is 124 Å². The van der Waals surface area contributed by atoms with Crippen LogP contribution in [0.3, 0.4) is 0 Å². The zero-order valence-electron chi connectivity index (χ0n) is 35.7. The van der Waals surface area contributed by atoms with Gasteiger partial charge in [0.05, 0.1) is 34.4 Å². The van der Waals surface area contributed by atoms with E-state index in [2.05, 4.69) is 16.0 Å². The molecular formula is C45H55FN6O9. The van der Waals surface area contributed by atoms with Crippen molar-refractivity contribution in [3.05, 3.63) is 74.3 Å². The molecule has 5 amide bonds. The standard InChI is InChI=1S/C45H55FN6O9/c1-7-45(6)32-20-35-40-28(22-52(35)43(58)31(32)23-61-44(45)59)19-30-29(26(4)33(46)21-34(30)49-40)13-10-12-18-60-24-47-41(56)27(5)48-42(57)39(25(2)3)50-36(53)14-9-8-11-17-51-37(54)15-16-38(51)55/h15-16,19-21,25,27,39H,7-14,17-18,22-24H2,1-6H3,(H,47,56)(H,48,57)(H,50,53)/t27-,39-,45+/m0/s1. The molecule has 3 aromatic rings. The van der Waals surface area contributed by atoms with Crippen molar-refractivity contribution in [2.75, 3.05) is 19.9 Å². The molecular weight excluding hydrogens is 788 g/mol. The number of esters is 1. The van der Waals surface area contributed by atoms with Crippen LogP contribution in [0, 0.1) is 18.7 Å². The average molecular weight is 843 g/mol. The maximum absolute atomic E-state index is 15.3. The van der Waals surface area contributed by atoms with Crippen LogP contribution in [0.1, 0.15) is 107 Å². The van der Waals surface area contributed by atoms with Crippen molar-refractivity contribution >= 4 is 46.4 Å². The van der Waals surface area contributed by atoms with Gasteiger partial charge >= 0.3 is 5.97 Å². The lowest BCUT2D eigenvalue weighted by atomic mass is 9.76. The molecule has 0 fully saturated rings. The number of rotatable bonds is 19. The summed E-state index contributed by atoms with van der Waals surface area (Å²) in [6.45, 7) is 11.3. The van der Waals surface area contributed by atoms with Gasteiger partial charge in [0.25, 0.3) is 17.4 Å². The Morgan fingerprint density at radius 1 is 0.967 bits per heavy atom. The molecule has 61 heavy (non-hydrogen) atoms. The third-order valence-electron chi connectivity index (χ3n) is 12.1. The summed E-state index contributed by atoms with van der Waals surface area (Å²) in [6, 6.07) is 3.53. The summed E-state index contributed by atoms with van der Waals surface area (Å²) in [5, 5.41) is 8.88. The number of amides is 5. The first-order valence-corrected chi connectivity index (χ1v) is 21.1. The van der Waals surface area contributed by atoms with Crippen LogP contribution in [0.5, 0.6) is 0 Å². The number of imide groups is 1. The van der Waals surface area contributed by atoms with Gasteiger partial charge in [-0.25, -0.2) is 9.37 Å². The zero-order chi connectivity index (χ0) is 44.2. The Morgan fingerprint density at radius 2 is 1.70 bits per heavy atom. The Kier molecular flexibility index (Phi) is 13.9. The largest absolute Gasteiger partial charge is 0.460 e. The van der Waals surface area contributed by atoms with Gasteiger partial charge in [-0.15, -0.1) is 0 Å². The number of nitrogens with zero attached hydrogens (tertiary/aromatic N) is 3. The highest BCUT2D eigenvalue weighted by atomic mass is 19.1. The van der Waals surface area contributed by atoms with Crippen LogP contribution < -0.4 is 21.5 Å². The fourth-order valence-electron chi connectivity index (χ4n) is 8.13. The number of nitrogens with one attached hydrogen (secondary N) is 3. The number of cyclic esters (lactones) is 1. The molecule has 0 unspecified atom stereocenters. The van der Waals surface area contributed by atoms with Gasteiger partial charge in [-0.05, 0) is 94.0 Å². The van der Waals surface area contributed by atoms with Gasteiger partial charge in [-0.2, -0.15) is 0 Å². The number of fused-ring (bicyclic) bond motifs is 5. The van der Waals surface area contributed by atoms with Gasteiger partial charge in [0.2, 0.25) is 17.7 Å². The number of aryl methyl sites for hydroxylation is 1. The second-order valence-electron chi connectivity index (χ2n) is 16.6. The Bertz CT molecular complexity index is 2340. The van der Waals surface area contributed by atoms with Gasteiger partial charge in [0.1, 0.15) is 31.2 Å². The normalized spacial score (nSPS) is 17.6. The summed E-state index contributed by atoms with van der Waals surface area (Å²) < 4.78 is 28.0.